The van der Waals surface area contributed by atoms with Gasteiger partial charge >= 0.3 is 0 Å². The molecule has 1 aromatic heterocycles. The number of anilines is 2. The molecule has 1 N–H and O–H groups in total. The summed E-state index contributed by atoms with van der Waals surface area (Å²) in [6, 6.07) is 22.2. The van der Waals surface area contributed by atoms with Crippen LogP contribution in [0.1, 0.15) is 29.4 Å². The standard InChI is InChI=1S/C25H23N3O2/c1-16-13-22-24(23(29)14-16)25(27-28(22)20-9-11-21(30-2)12-10-20)26-19-8-7-17-5-3-4-6-18(17)15-19/h3-12,15-16H,13-14H2,1-2H3,(H,26,27). The number of nitrogens with zero attached hydrogens (tertiary/aromatic N) is 2. The Hall–Kier alpha value is -3.60. The summed E-state index contributed by atoms with van der Waals surface area (Å²) in [6.07, 6.45) is 1.37. The van der Waals surface area contributed by atoms with Crippen molar-refractivity contribution < 1.29 is 9.53 Å². The quantitative estimate of drug-likeness (QED) is 0.491. The lowest BCUT2D eigenvalue weighted by atomic mass is 9.87. The molecule has 5 nitrogen and oxygen atoms in total. The van der Waals surface area contributed by atoms with Crippen molar-refractivity contribution in [1.29, 1.82) is 0 Å². The fraction of sp³-hybridized carbons (Fsp3) is 0.200. The lowest BCUT2D eigenvalue weighted by Crippen LogP contribution is -2.19. The first-order chi connectivity index (χ1) is 14.6. The molecule has 0 spiro atoms. The summed E-state index contributed by atoms with van der Waals surface area (Å²) in [5.74, 6) is 1.85. The molecule has 1 heterocycles. The number of Topliss-reactive ketones (excluding diaryl/α,β-unsaturated/α-hetero) is 1. The second kappa shape index (κ2) is 7.34. The molecule has 0 saturated heterocycles. The number of hydrogen-bond acceptors (Lipinski definition) is 4. The Morgan fingerprint density at radius 2 is 1.77 bits per heavy atom. The first kappa shape index (κ1) is 18.4. The summed E-state index contributed by atoms with van der Waals surface area (Å²) in [7, 11) is 1.65. The molecule has 0 amide bonds. The molecule has 30 heavy (non-hydrogen) atoms. The van der Waals surface area contributed by atoms with Crippen molar-refractivity contribution in [2.24, 2.45) is 5.92 Å². The topological polar surface area (TPSA) is 56.1 Å². The van der Waals surface area contributed by atoms with Gasteiger partial charge < -0.3 is 10.1 Å². The third kappa shape index (κ3) is 3.22. The highest BCUT2D eigenvalue weighted by Gasteiger charge is 2.31. The Balaban J connectivity index is 1.59. The number of carbonyl (C=O) groups is 1. The smallest absolute Gasteiger partial charge is 0.168 e. The molecule has 4 aromatic rings. The Morgan fingerprint density at radius 3 is 2.53 bits per heavy atom. The van der Waals surface area contributed by atoms with Crippen LogP contribution in [0.15, 0.2) is 66.7 Å². The van der Waals surface area contributed by atoms with Crippen molar-refractivity contribution in [2.45, 2.75) is 19.8 Å². The number of nitrogens with one attached hydrogen (secondary N) is 1. The fourth-order valence-corrected chi connectivity index (χ4v) is 4.18. The van der Waals surface area contributed by atoms with E-state index in [0.29, 0.717) is 23.7 Å². The van der Waals surface area contributed by atoms with E-state index < -0.39 is 0 Å². The van der Waals surface area contributed by atoms with Gasteiger partial charge in [-0.05, 0) is 59.5 Å². The van der Waals surface area contributed by atoms with Crippen LogP contribution in [0, 0.1) is 5.92 Å². The Bertz CT molecular complexity index is 1240. The predicted octanol–water partition coefficient (Wildman–Crippen LogP) is 5.54. The number of hydrogen-bond donors (Lipinski definition) is 1. The summed E-state index contributed by atoms with van der Waals surface area (Å²) in [5.41, 5.74) is 3.51. The van der Waals surface area contributed by atoms with Crippen LogP contribution in [0.25, 0.3) is 16.5 Å². The van der Waals surface area contributed by atoms with Crippen molar-refractivity contribution in [1.82, 2.24) is 9.78 Å². The van der Waals surface area contributed by atoms with Gasteiger partial charge in [-0.1, -0.05) is 37.3 Å². The molecule has 0 radical (unpaired) electrons. The van der Waals surface area contributed by atoms with Crippen molar-refractivity contribution in [3.8, 4) is 11.4 Å². The largest absolute Gasteiger partial charge is 0.497 e. The summed E-state index contributed by atoms with van der Waals surface area (Å²) in [4.78, 5) is 13.0. The highest BCUT2D eigenvalue weighted by molar-refractivity contribution is 6.03. The zero-order valence-electron chi connectivity index (χ0n) is 17.1. The van der Waals surface area contributed by atoms with Crippen molar-refractivity contribution in [3.63, 3.8) is 0 Å². The molecule has 150 valence electrons. The Labute approximate surface area is 175 Å². The minimum absolute atomic E-state index is 0.145. The highest BCUT2D eigenvalue weighted by Crippen LogP contribution is 2.34. The van der Waals surface area contributed by atoms with Gasteiger partial charge in [0.05, 0.1) is 24.1 Å². The minimum Gasteiger partial charge on any atom is -0.497 e. The van der Waals surface area contributed by atoms with Crippen LogP contribution in [-0.4, -0.2) is 22.7 Å². The van der Waals surface area contributed by atoms with Crippen LogP contribution >= 0.6 is 0 Å². The molecule has 5 rings (SSSR count). The van der Waals surface area contributed by atoms with E-state index in [9.17, 15) is 4.79 Å². The molecule has 0 aliphatic heterocycles. The Kier molecular flexibility index (Phi) is 4.51. The van der Waals surface area contributed by atoms with Gasteiger partial charge in [0.2, 0.25) is 0 Å². The maximum absolute atomic E-state index is 13.0. The molecule has 1 atom stereocenters. The van der Waals surface area contributed by atoms with Crippen LogP contribution in [0.3, 0.4) is 0 Å². The maximum Gasteiger partial charge on any atom is 0.168 e. The van der Waals surface area contributed by atoms with Crippen LogP contribution in [0.4, 0.5) is 11.5 Å². The summed E-state index contributed by atoms with van der Waals surface area (Å²) in [6.45, 7) is 2.11. The fourth-order valence-electron chi connectivity index (χ4n) is 4.18. The van der Waals surface area contributed by atoms with Crippen molar-refractivity contribution in [2.75, 3.05) is 12.4 Å². The zero-order valence-corrected chi connectivity index (χ0v) is 17.1. The number of aromatic nitrogens is 2. The molecule has 1 unspecified atom stereocenters. The Morgan fingerprint density at radius 1 is 1.00 bits per heavy atom. The van der Waals surface area contributed by atoms with E-state index in [1.54, 1.807) is 7.11 Å². The van der Waals surface area contributed by atoms with Crippen LogP contribution in [-0.2, 0) is 6.42 Å². The molecular formula is C25H23N3O2. The van der Waals surface area contributed by atoms with E-state index in [1.807, 2.05) is 47.1 Å². The van der Waals surface area contributed by atoms with Gasteiger partial charge in [0.1, 0.15) is 5.75 Å². The van der Waals surface area contributed by atoms with E-state index in [2.05, 4.69) is 36.5 Å². The molecule has 5 heteroatoms. The van der Waals surface area contributed by atoms with Crippen LogP contribution in [0.5, 0.6) is 5.75 Å². The van der Waals surface area contributed by atoms with Gasteiger partial charge in [0.15, 0.2) is 11.6 Å². The average Bonchev–Trinajstić information content (AvgIpc) is 3.12. The highest BCUT2D eigenvalue weighted by atomic mass is 16.5. The molecule has 0 saturated carbocycles. The number of fused-ring (bicyclic) bond motifs is 2. The van der Waals surface area contributed by atoms with E-state index in [1.165, 1.54) is 5.39 Å². The third-order valence-corrected chi connectivity index (χ3v) is 5.66. The zero-order chi connectivity index (χ0) is 20.7. The molecule has 3 aromatic carbocycles. The lowest BCUT2D eigenvalue weighted by molar-refractivity contribution is 0.0953. The lowest BCUT2D eigenvalue weighted by Gasteiger charge is -2.19. The van der Waals surface area contributed by atoms with Gasteiger partial charge in [0, 0.05) is 12.1 Å². The number of rotatable bonds is 4. The second-order valence-corrected chi connectivity index (χ2v) is 7.90. The number of ether oxygens (including phenoxy) is 1. The number of ketones is 1. The summed E-state index contributed by atoms with van der Waals surface area (Å²) in [5, 5.41) is 10.6. The first-order valence-corrected chi connectivity index (χ1v) is 10.2. The van der Waals surface area contributed by atoms with Crippen molar-refractivity contribution in [3.05, 3.63) is 78.0 Å². The second-order valence-electron chi connectivity index (χ2n) is 7.90. The predicted molar refractivity (Wildman–Crippen MR) is 119 cm³/mol. The number of benzene rings is 3. The molecule has 1 aliphatic carbocycles. The SMILES string of the molecule is COc1ccc(-n2nc(Nc3ccc4ccccc4c3)c3c2CC(C)CC3=O)cc1. The molecular weight excluding hydrogens is 374 g/mol. The summed E-state index contributed by atoms with van der Waals surface area (Å²) < 4.78 is 7.17. The first-order valence-electron chi connectivity index (χ1n) is 10.2. The van der Waals surface area contributed by atoms with E-state index in [4.69, 9.17) is 9.84 Å². The minimum atomic E-state index is 0.145. The average molecular weight is 397 g/mol. The normalized spacial score (nSPS) is 15.8. The maximum atomic E-state index is 13.0. The monoisotopic (exact) mass is 397 g/mol. The van der Waals surface area contributed by atoms with Gasteiger partial charge in [-0.3, -0.25) is 4.79 Å². The number of methoxy groups -OCH3 is 1. The van der Waals surface area contributed by atoms with E-state index >= 15 is 0 Å². The molecule has 1 aliphatic rings. The van der Waals surface area contributed by atoms with E-state index in [0.717, 1.165) is 34.6 Å². The van der Waals surface area contributed by atoms with Crippen molar-refractivity contribution >= 4 is 28.1 Å². The van der Waals surface area contributed by atoms with Crippen LogP contribution in [0.2, 0.25) is 0 Å². The van der Waals surface area contributed by atoms with Gasteiger partial charge in [-0.25, -0.2) is 4.68 Å². The van der Waals surface area contributed by atoms with Crippen LogP contribution < -0.4 is 10.1 Å². The van der Waals surface area contributed by atoms with E-state index in [-0.39, 0.29) is 5.78 Å². The molecule has 0 fully saturated rings. The molecule has 0 bridgehead atoms. The van der Waals surface area contributed by atoms with Gasteiger partial charge in [0.25, 0.3) is 0 Å². The number of carbonyl (C=O) groups excluding carboxylic acids is 1. The summed E-state index contributed by atoms with van der Waals surface area (Å²) >= 11 is 0. The third-order valence-electron chi connectivity index (χ3n) is 5.66. The van der Waals surface area contributed by atoms with Gasteiger partial charge in [-0.2, -0.15) is 0 Å². The van der Waals surface area contributed by atoms with Gasteiger partial charge in [-0.15, -0.1) is 5.10 Å².